The Hall–Kier alpha value is -3.23. The van der Waals surface area contributed by atoms with Crippen LogP contribution in [0.25, 0.3) is 5.52 Å². The molecule has 35 heavy (non-hydrogen) atoms. The van der Waals surface area contributed by atoms with Crippen molar-refractivity contribution in [1.29, 1.82) is 5.26 Å². The topological polar surface area (TPSA) is 162 Å². The highest BCUT2D eigenvalue weighted by Gasteiger charge is 2.60. The molecule has 0 radical (unpaired) electrons. The molecular formula is C24H31N5O6. The van der Waals surface area contributed by atoms with Gasteiger partial charge in [-0.25, -0.2) is 9.50 Å². The summed E-state index contributed by atoms with van der Waals surface area (Å²) in [6, 6.07) is 5.18. The number of carbonyl (C=O) groups excluding carboxylic acids is 2. The molecule has 4 rings (SSSR count). The van der Waals surface area contributed by atoms with Crippen LogP contribution >= 0.6 is 0 Å². The second kappa shape index (κ2) is 10.2. The fourth-order valence-electron chi connectivity index (χ4n) is 4.81. The summed E-state index contributed by atoms with van der Waals surface area (Å²) in [5.41, 5.74) is 4.58. The molecule has 0 unspecified atom stereocenters. The summed E-state index contributed by atoms with van der Waals surface area (Å²) < 4.78 is 18.4. The van der Waals surface area contributed by atoms with E-state index in [1.54, 1.807) is 26.0 Å². The van der Waals surface area contributed by atoms with E-state index in [0.717, 1.165) is 25.7 Å². The quantitative estimate of drug-likeness (QED) is 0.554. The van der Waals surface area contributed by atoms with E-state index in [-0.39, 0.29) is 30.0 Å². The van der Waals surface area contributed by atoms with Crippen LogP contribution in [0.4, 0.5) is 5.82 Å². The highest BCUT2D eigenvalue weighted by Crippen LogP contribution is 2.42. The zero-order valence-corrected chi connectivity index (χ0v) is 19.9. The molecule has 4 atom stereocenters. The molecule has 2 aromatic heterocycles. The minimum atomic E-state index is -1.95. The molecule has 1 aliphatic carbocycles. The van der Waals surface area contributed by atoms with Crippen LogP contribution in [0.1, 0.15) is 58.1 Å². The number of nitrogen functional groups attached to an aromatic ring is 1. The van der Waals surface area contributed by atoms with Gasteiger partial charge >= 0.3 is 11.9 Å². The van der Waals surface area contributed by atoms with Gasteiger partial charge in [0.2, 0.25) is 5.60 Å². The maximum Gasteiger partial charge on any atom is 0.308 e. The third-order valence-corrected chi connectivity index (χ3v) is 6.77. The number of esters is 2. The van der Waals surface area contributed by atoms with E-state index in [9.17, 15) is 20.0 Å². The number of hydrogen-bond acceptors (Lipinski definition) is 10. The second-order valence-corrected chi connectivity index (χ2v) is 9.56. The largest absolute Gasteiger partial charge is 0.463 e. The maximum absolute atomic E-state index is 12.5. The van der Waals surface area contributed by atoms with Gasteiger partial charge < -0.3 is 25.1 Å². The number of hydrogen-bond donors (Lipinski definition) is 2. The summed E-state index contributed by atoms with van der Waals surface area (Å²) in [6.45, 7) is 3.03. The molecule has 0 bridgehead atoms. The molecule has 1 saturated heterocycles. The second-order valence-electron chi connectivity index (χ2n) is 9.56. The first kappa shape index (κ1) is 24.9. The number of nitrogens with two attached hydrogens (primary N) is 1. The van der Waals surface area contributed by atoms with Gasteiger partial charge in [0.25, 0.3) is 0 Å². The van der Waals surface area contributed by atoms with Crippen LogP contribution in [0.2, 0.25) is 0 Å². The molecule has 2 fully saturated rings. The van der Waals surface area contributed by atoms with Gasteiger partial charge in [-0.15, -0.1) is 0 Å². The Morgan fingerprint density at radius 3 is 2.77 bits per heavy atom. The van der Waals surface area contributed by atoms with Gasteiger partial charge in [-0.05, 0) is 30.9 Å². The summed E-state index contributed by atoms with van der Waals surface area (Å²) in [7, 11) is 0. The molecule has 11 heteroatoms. The van der Waals surface area contributed by atoms with Crippen LogP contribution in [0.3, 0.4) is 0 Å². The Bertz CT molecular complexity index is 1120. The Kier molecular flexibility index (Phi) is 7.23. The Morgan fingerprint density at radius 2 is 2.09 bits per heavy atom. The molecule has 1 aliphatic heterocycles. The van der Waals surface area contributed by atoms with E-state index in [0.29, 0.717) is 11.9 Å². The number of aliphatic hydroxyl groups excluding tert-OH is 1. The molecule has 2 aliphatic rings. The van der Waals surface area contributed by atoms with Crippen LogP contribution in [0, 0.1) is 23.2 Å². The SMILES string of the molecule is CC(C)C(=O)O[C@H]1[C@@H](O)[C@](C#N)(c2ccc3c(N)ncnn23)O[C@@H]1COC(=O)CC1CCCCC1. The van der Waals surface area contributed by atoms with Gasteiger partial charge in [-0.3, -0.25) is 9.59 Å². The van der Waals surface area contributed by atoms with Gasteiger partial charge in [0.05, 0.1) is 11.6 Å². The van der Waals surface area contributed by atoms with Crippen LogP contribution in [0.5, 0.6) is 0 Å². The molecule has 3 heterocycles. The third kappa shape index (κ3) is 4.81. The Balaban J connectivity index is 1.59. The number of ether oxygens (including phenoxy) is 3. The number of anilines is 1. The van der Waals surface area contributed by atoms with E-state index < -0.39 is 35.8 Å². The van der Waals surface area contributed by atoms with Crippen LogP contribution in [-0.2, 0) is 29.4 Å². The first-order valence-electron chi connectivity index (χ1n) is 12.0. The van der Waals surface area contributed by atoms with Crippen molar-refractivity contribution in [3.63, 3.8) is 0 Å². The lowest BCUT2D eigenvalue weighted by atomic mass is 9.87. The average Bonchev–Trinajstić information content (AvgIpc) is 3.39. The number of nitriles is 1. The number of aromatic nitrogens is 3. The Morgan fingerprint density at radius 1 is 1.34 bits per heavy atom. The third-order valence-electron chi connectivity index (χ3n) is 6.77. The number of rotatable bonds is 7. The number of nitrogens with zero attached hydrogens (tertiary/aromatic N) is 4. The van der Waals surface area contributed by atoms with E-state index >= 15 is 0 Å². The van der Waals surface area contributed by atoms with Crippen molar-refractivity contribution < 1.29 is 28.9 Å². The number of carbonyl (C=O) groups is 2. The van der Waals surface area contributed by atoms with Gasteiger partial charge in [-0.2, -0.15) is 10.4 Å². The predicted octanol–water partition coefficient (Wildman–Crippen LogP) is 1.87. The van der Waals surface area contributed by atoms with Crippen molar-refractivity contribution in [2.75, 3.05) is 12.3 Å². The fraction of sp³-hybridized carbons (Fsp3) is 0.625. The molecule has 1 saturated carbocycles. The molecular weight excluding hydrogens is 454 g/mol. The summed E-state index contributed by atoms with van der Waals surface area (Å²) in [5, 5.41) is 25.6. The molecule has 2 aromatic rings. The standard InChI is InChI=1S/C24H31N5O6/c1-14(2)23(32)34-20-17(11-33-19(30)10-15-6-4-3-5-7-15)35-24(12-25,21(20)31)18-9-8-16-22(26)27-13-28-29(16)18/h8-9,13-15,17,20-21,31H,3-7,10-11H2,1-2H3,(H2,26,27,28)/t17-,20-,21-,24+/m1/s1. The lowest BCUT2D eigenvalue weighted by molar-refractivity contribution is -0.163. The van der Waals surface area contributed by atoms with Crippen molar-refractivity contribution in [3.05, 3.63) is 24.2 Å². The Labute approximate surface area is 203 Å². The molecule has 0 amide bonds. The molecule has 188 valence electrons. The minimum absolute atomic E-state index is 0.183. The van der Waals surface area contributed by atoms with Crippen molar-refractivity contribution in [2.24, 2.45) is 11.8 Å². The van der Waals surface area contributed by atoms with E-state index in [1.165, 1.54) is 17.3 Å². The smallest absolute Gasteiger partial charge is 0.308 e. The van der Waals surface area contributed by atoms with Crippen molar-refractivity contribution in [1.82, 2.24) is 14.6 Å². The summed E-state index contributed by atoms with van der Waals surface area (Å²) in [5.74, 6) is -0.960. The van der Waals surface area contributed by atoms with E-state index in [2.05, 4.69) is 10.1 Å². The summed E-state index contributed by atoms with van der Waals surface area (Å²) in [4.78, 5) is 28.9. The van der Waals surface area contributed by atoms with Crippen LogP contribution in [0.15, 0.2) is 18.5 Å². The van der Waals surface area contributed by atoms with Crippen molar-refractivity contribution in [2.45, 2.75) is 76.3 Å². The summed E-state index contributed by atoms with van der Waals surface area (Å²) in [6.07, 6.45) is 3.02. The van der Waals surface area contributed by atoms with Gasteiger partial charge in [0.1, 0.15) is 36.7 Å². The first-order valence-corrected chi connectivity index (χ1v) is 12.0. The van der Waals surface area contributed by atoms with Crippen molar-refractivity contribution >= 4 is 23.3 Å². The average molecular weight is 486 g/mol. The van der Waals surface area contributed by atoms with Gasteiger partial charge in [0, 0.05) is 6.42 Å². The normalized spacial score (nSPS) is 27.1. The molecule has 3 N–H and O–H groups in total. The number of fused-ring (bicyclic) bond motifs is 1. The van der Waals surface area contributed by atoms with Gasteiger partial charge in [-0.1, -0.05) is 33.1 Å². The lowest BCUT2D eigenvalue weighted by Gasteiger charge is -2.25. The zero-order chi connectivity index (χ0) is 25.2. The highest BCUT2D eigenvalue weighted by molar-refractivity contribution is 5.72. The predicted molar refractivity (Wildman–Crippen MR) is 122 cm³/mol. The molecule has 0 spiro atoms. The van der Waals surface area contributed by atoms with Crippen LogP contribution < -0.4 is 5.73 Å². The first-order chi connectivity index (χ1) is 16.8. The lowest BCUT2D eigenvalue weighted by Crippen LogP contribution is -2.43. The van der Waals surface area contributed by atoms with E-state index in [1.807, 2.05) is 6.07 Å². The monoisotopic (exact) mass is 485 g/mol. The summed E-state index contributed by atoms with van der Waals surface area (Å²) >= 11 is 0. The number of aliphatic hydroxyl groups is 1. The molecule has 0 aromatic carbocycles. The fourth-order valence-corrected chi connectivity index (χ4v) is 4.81. The zero-order valence-electron chi connectivity index (χ0n) is 19.9. The van der Waals surface area contributed by atoms with E-state index in [4.69, 9.17) is 19.9 Å². The maximum atomic E-state index is 12.5. The van der Waals surface area contributed by atoms with Gasteiger partial charge in [0.15, 0.2) is 11.9 Å². The minimum Gasteiger partial charge on any atom is -0.463 e. The van der Waals surface area contributed by atoms with Crippen molar-refractivity contribution in [3.8, 4) is 6.07 Å². The van der Waals surface area contributed by atoms with Crippen LogP contribution in [-0.4, -0.2) is 56.6 Å². The molecule has 11 nitrogen and oxygen atoms in total. The highest BCUT2D eigenvalue weighted by atomic mass is 16.6.